The van der Waals surface area contributed by atoms with Crippen LogP contribution in [-0.4, -0.2) is 54.2 Å². The van der Waals surface area contributed by atoms with Crippen LogP contribution in [0.15, 0.2) is 18.2 Å². The number of benzene rings is 1. The van der Waals surface area contributed by atoms with E-state index in [1.165, 1.54) is 12.8 Å². The molecule has 2 aliphatic carbocycles. The Morgan fingerprint density at radius 2 is 2.07 bits per heavy atom. The van der Waals surface area contributed by atoms with Gasteiger partial charge < -0.3 is 15.2 Å². The van der Waals surface area contributed by atoms with Crippen LogP contribution in [0.3, 0.4) is 0 Å². The number of aliphatic carboxylic acids is 1. The van der Waals surface area contributed by atoms with Gasteiger partial charge in [-0.05, 0) is 55.7 Å². The first kappa shape index (κ1) is 20.0. The summed E-state index contributed by atoms with van der Waals surface area (Å²) in [6.45, 7) is 0.968. The van der Waals surface area contributed by atoms with Crippen molar-refractivity contribution in [1.82, 2.24) is 10.2 Å². The molecule has 0 aliphatic heterocycles. The number of carboxylic acid groups (broad SMARTS) is 1. The molecule has 0 radical (unpaired) electrons. The molecule has 0 spiro atoms. The molecule has 3 rings (SSSR count). The first-order chi connectivity index (χ1) is 12.9. The quantitative estimate of drug-likeness (QED) is 0.638. The van der Waals surface area contributed by atoms with Gasteiger partial charge in [0.15, 0.2) is 0 Å². The average Bonchev–Trinajstić information content (AvgIpc) is 3.39. The minimum atomic E-state index is -0.777. The number of carboxylic acids is 1. The maximum Gasteiger partial charge on any atom is 0.317 e. The monoisotopic (exact) mass is 394 g/mol. The summed E-state index contributed by atoms with van der Waals surface area (Å²) >= 11 is 6.11. The molecule has 148 valence electrons. The van der Waals surface area contributed by atoms with Crippen molar-refractivity contribution >= 4 is 23.5 Å². The maximum absolute atomic E-state index is 12.2. The van der Waals surface area contributed by atoms with Crippen LogP contribution in [0.1, 0.15) is 37.7 Å². The molecule has 2 saturated carbocycles. The third kappa shape index (κ3) is 5.84. The SMILES string of the molecule is COc1ccc(CCC(=O)NC2CC(N(CC(=O)O)CC3CC3)C2)cc1Cl. The molecule has 7 heteroatoms. The van der Waals surface area contributed by atoms with E-state index in [0.29, 0.717) is 29.5 Å². The lowest BCUT2D eigenvalue weighted by molar-refractivity contribution is -0.140. The molecular formula is C20H27ClN2O4. The second-order valence-electron chi connectivity index (χ2n) is 7.63. The van der Waals surface area contributed by atoms with E-state index in [4.69, 9.17) is 21.4 Å². The van der Waals surface area contributed by atoms with Gasteiger partial charge in [-0.15, -0.1) is 0 Å². The minimum absolute atomic E-state index is 0.0253. The van der Waals surface area contributed by atoms with Crippen LogP contribution in [0, 0.1) is 5.92 Å². The lowest BCUT2D eigenvalue weighted by atomic mass is 9.85. The summed E-state index contributed by atoms with van der Waals surface area (Å²) in [5.74, 6) is 0.537. The summed E-state index contributed by atoms with van der Waals surface area (Å²) in [6, 6.07) is 5.97. The fourth-order valence-corrected chi connectivity index (χ4v) is 3.86. The number of carbonyl (C=O) groups excluding carboxylic acids is 1. The number of rotatable bonds is 10. The summed E-state index contributed by atoms with van der Waals surface area (Å²) in [7, 11) is 1.57. The van der Waals surface area contributed by atoms with Crippen molar-refractivity contribution in [3.8, 4) is 5.75 Å². The summed E-state index contributed by atoms with van der Waals surface area (Å²) in [5.41, 5.74) is 1.000. The zero-order valence-corrected chi connectivity index (χ0v) is 16.4. The van der Waals surface area contributed by atoms with E-state index in [-0.39, 0.29) is 24.5 Å². The number of ether oxygens (including phenoxy) is 1. The Hall–Kier alpha value is -1.79. The molecule has 27 heavy (non-hydrogen) atoms. The van der Waals surface area contributed by atoms with Gasteiger partial charge in [0.2, 0.25) is 5.91 Å². The highest BCUT2D eigenvalue weighted by atomic mass is 35.5. The Kier molecular flexibility index (Phi) is 6.60. The second-order valence-corrected chi connectivity index (χ2v) is 8.03. The standard InChI is InChI=1S/C20H27ClN2O4/c1-27-18-6-4-13(8-17(18)21)5-7-19(24)22-15-9-16(10-15)23(12-20(25)26)11-14-2-3-14/h4,6,8,14-16H,2-3,5,7,9-12H2,1H3,(H,22,24)(H,25,26). The molecule has 0 heterocycles. The summed E-state index contributed by atoms with van der Waals surface area (Å²) in [5, 5.41) is 12.7. The minimum Gasteiger partial charge on any atom is -0.495 e. The number of aryl methyl sites for hydroxylation is 1. The van der Waals surface area contributed by atoms with E-state index in [1.807, 2.05) is 18.2 Å². The molecule has 2 N–H and O–H groups in total. The van der Waals surface area contributed by atoms with Gasteiger partial charge in [0.05, 0.1) is 18.7 Å². The van der Waals surface area contributed by atoms with Crippen LogP contribution in [-0.2, 0) is 16.0 Å². The molecule has 2 aliphatic rings. The van der Waals surface area contributed by atoms with Crippen molar-refractivity contribution < 1.29 is 19.4 Å². The van der Waals surface area contributed by atoms with Crippen LogP contribution in [0.25, 0.3) is 0 Å². The van der Waals surface area contributed by atoms with Gasteiger partial charge in [0, 0.05) is 25.0 Å². The third-order valence-electron chi connectivity index (χ3n) is 5.38. The molecule has 0 unspecified atom stereocenters. The zero-order valence-electron chi connectivity index (χ0n) is 15.6. The lowest BCUT2D eigenvalue weighted by Crippen LogP contribution is -2.55. The van der Waals surface area contributed by atoms with Gasteiger partial charge in [0.25, 0.3) is 0 Å². The third-order valence-corrected chi connectivity index (χ3v) is 5.67. The Morgan fingerprint density at radius 1 is 1.33 bits per heavy atom. The van der Waals surface area contributed by atoms with Gasteiger partial charge >= 0.3 is 5.97 Å². The van der Waals surface area contributed by atoms with Crippen LogP contribution >= 0.6 is 11.6 Å². The molecule has 0 aromatic heterocycles. The second kappa shape index (κ2) is 8.93. The molecule has 0 saturated heterocycles. The average molecular weight is 395 g/mol. The molecule has 1 aromatic carbocycles. The van der Waals surface area contributed by atoms with E-state index in [0.717, 1.165) is 24.9 Å². The number of halogens is 1. The molecular weight excluding hydrogens is 368 g/mol. The molecule has 0 atom stereocenters. The predicted octanol–water partition coefficient (Wildman–Crippen LogP) is 2.73. The number of hydrogen-bond donors (Lipinski definition) is 2. The molecule has 1 aromatic rings. The molecule has 6 nitrogen and oxygen atoms in total. The first-order valence-electron chi connectivity index (χ1n) is 9.52. The largest absolute Gasteiger partial charge is 0.495 e. The summed E-state index contributed by atoms with van der Waals surface area (Å²) < 4.78 is 5.13. The predicted molar refractivity (Wildman–Crippen MR) is 103 cm³/mol. The van der Waals surface area contributed by atoms with Gasteiger partial charge in [-0.1, -0.05) is 17.7 Å². The molecule has 2 fully saturated rings. The number of hydrogen-bond acceptors (Lipinski definition) is 4. The summed E-state index contributed by atoms with van der Waals surface area (Å²) in [6.07, 6.45) is 5.11. The van der Waals surface area contributed by atoms with E-state index in [2.05, 4.69) is 10.2 Å². The van der Waals surface area contributed by atoms with Crippen LogP contribution in [0.2, 0.25) is 5.02 Å². The summed E-state index contributed by atoms with van der Waals surface area (Å²) in [4.78, 5) is 25.3. The Morgan fingerprint density at radius 3 is 2.67 bits per heavy atom. The van der Waals surface area contributed by atoms with E-state index in [9.17, 15) is 9.59 Å². The zero-order chi connectivity index (χ0) is 19.4. The smallest absolute Gasteiger partial charge is 0.317 e. The maximum atomic E-state index is 12.2. The number of methoxy groups -OCH3 is 1. The van der Waals surface area contributed by atoms with E-state index < -0.39 is 5.97 Å². The van der Waals surface area contributed by atoms with Crippen molar-refractivity contribution in [3.05, 3.63) is 28.8 Å². The Bertz CT molecular complexity index is 687. The number of nitrogens with zero attached hydrogens (tertiary/aromatic N) is 1. The highest BCUT2D eigenvalue weighted by molar-refractivity contribution is 6.32. The van der Waals surface area contributed by atoms with Gasteiger partial charge in [-0.3, -0.25) is 14.5 Å². The molecule has 0 bridgehead atoms. The van der Waals surface area contributed by atoms with Gasteiger partial charge in [-0.2, -0.15) is 0 Å². The number of nitrogens with one attached hydrogen (secondary N) is 1. The fraction of sp³-hybridized carbons (Fsp3) is 0.600. The highest BCUT2D eigenvalue weighted by Crippen LogP contribution is 2.33. The number of carbonyl (C=O) groups is 2. The Labute approximate surface area is 164 Å². The van der Waals surface area contributed by atoms with Crippen molar-refractivity contribution in [1.29, 1.82) is 0 Å². The van der Waals surface area contributed by atoms with E-state index in [1.54, 1.807) is 7.11 Å². The van der Waals surface area contributed by atoms with E-state index >= 15 is 0 Å². The van der Waals surface area contributed by atoms with Crippen molar-refractivity contribution in [2.45, 2.75) is 50.6 Å². The van der Waals surface area contributed by atoms with Gasteiger partial charge in [0.1, 0.15) is 5.75 Å². The van der Waals surface area contributed by atoms with Crippen molar-refractivity contribution in [2.24, 2.45) is 5.92 Å². The first-order valence-corrected chi connectivity index (χ1v) is 9.90. The van der Waals surface area contributed by atoms with Crippen LogP contribution < -0.4 is 10.1 Å². The topological polar surface area (TPSA) is 78.9 Å². The normalized spacial score (nSPS) is 21.6. The van der Waals surface area contributed by atoms with Crippen molar-refractivity contribution in [3.63, 3.8) is 0 Å². The van der Waals surface area contributed by atoms with Crippen LogP contribution in [0.5, 0.6) is 5.75 Å². The lowest BCUT2D eigenvalue weighted by Gasteiger charge is -2.42. The Balaban J connectivity index is 1.39. The van der Waals surface area contributed by atoms with Crippen molar-refractivity contribution in [2.75, 3.05) is 20.2 Å². The highest BCUT2D eigenvalue weighted by Gasteiger charge is 2.37. The number of amides is 1. The van der Waals surface area contributed by atoms with Crippen LogP contribution in [0.4, 0.5) is 0 Å². The molecule has 1 amide bonds. The van der Waals surface area contributed by atoms with Gasteiger partial charge in [-0.25, -0.2) is 0 Å². The fourth-order valence-electron chi connectivity index (χ4n) is 3.58.